The van der Waals surface area contributed by atoms with Gasteiger partial charge in [0.05, 0.1) is 11.6 Å². The second-order valence-corrected chi connectivity index (χ2v) is 5.78. The van der Waals surface area contributed by atoms with Gasteiger partial charge in [0.25, 0.3) is 5.91 Å². The molecule has 0 aromatic heterocycles. The Balaban J connectivity index is 2.16. The number of hydrogen-bond donors (Lipinski definition) is 1. The number of benzene rings is 2. The molecule has 3 rings (SSSR count). The molecule has 1 atom stereocenters. The van der Waals surface area contributed by atoms with Gasteiger partial charge in [0.1, 0.15) is 5.82 Å². The van der Waals surface area contributed by atoms with E-state index in [2.05, 4.69) is 0 Å². The van der Waals surface area contributed by atoms with Crippen LogP contribution in [0.25, 0.3) is 0 Å². The first-order chi connectivity index (χ1) is 11.4. The van der Waals surface area contributed by atoms with Crippen LogP contribution in [0.2, 0.25) is 0 Å². The average molecular weight is 325 g/mol. The summed E-state index contributed by atoms with van der Waals surface area (Å²) in [7, 11) is 0. The van der Waals surface area contributed by atoms with Gasteiger partial charge in [0, 0.05) is 5.69 Å². The van der Waals surface area contributed by atoms with Crippen molar-refractivity contribution >= 4 is 17.4 Å². The molecule has 0 radical (unpaired) electrons. The number of rotatable bonds is 3. The van der Waals surface area contributed by atoms with Crippen LogP contribution in [0.4, 0.5) is 10.1 Å². The van der Waals surface area contributed by atoms with Crippen molar-refractivity contribution in [3.8, 4) is 0 Å². The summed E-state index contributed by atoms with van der Waals surface area (Å²) in [6.45, 7) is 3.22. The molecule has 2 aromatic rings. The summed E-state index contributed by atoms with van der Waals surface area (Å²) in [6.07, 6.45) is 0. The third-order valence-electron chi connectivity index (χ3n) is 4.09. The molecule has 0 aliphatic carbocycles. The fourth-order valence-electron chi connectivity index (χ4n) is 2.90. The lowest BCUT2D eigenvalue weighted by molar-refractivity contribution is -0.117. The maximum Gasteiger partial charge on any atom is 0.294 e. The van der Waals surface area contributed by atoms with Gasteiger partial charge in [-0.3, -0.25) is 14.5 Å². The summed E-state index contributed by atoms with van der Waals surface area (Å²) < 4.78 is 13.2. The molecule has 1 aliphatic heterocycles. The fraction of sp³-hybridized carbons (Fsp3) is 0.158. The number of carbonyl (C=O) groups is 2. The molecular weight excluding hydrogens is 309 g/mol. The molecule has 5 heteroatoms. The third kappa shape index (κ3) is 2.58. The highest BCUT2D eigenvalue weighted by Gasteiger charge is 2.43. The molecule has 24 heavy (non-hydrogen) atoms. The van der Waals surface area contributed by atoms with Gasteiger partial charge in [0.2, 0.25) is 0 Å². The number of halogens is 1. The minimum Gasteiger partial charge on any atom is -0.503 e. The smallest absolute Gasteiger partial charge is 0.294 e. The molecule has 1 heterocycles. The number of anilines is 1. The van der Waals surface area contributed by atoms with Gasteiger partial charge in [-0.1, -0.05) is 29.8 Å². The van der Waals surface area contributed by atoms with Crippen LogP contribution < -0.4 is 4.90 Å². The van der Waals surface area contributed by atoms with Crippen molar-refractivity contribution in [2.24, 2.45) is 0 Å². The standard InChI is InChI=1S/C19H16FNO3/c1-11-3-9-15(10-4-11)21-17(13-5-7-14(20)8-6-13)16(12(2)22)18(23)19(21)24/h3-10,17,23H,1-2H3. The molecule has 0 saturated heterocycles. The van der Waals surface area contributed by atoms with E-state index >= 15 is 0 Å². The van der Waals surface area contributed by atoms with E-state index in [0.29, 0.717) is 11.3 Å². The van der Waals surface area contributed by atoms with Crippen LogP contribution in [0.15, 0.2) is 59.9 Å². The Morgan fingerprint density at radius 1 is 1.08 bits per heavy atom. The fourth-order valence-corrected chi connectivity index (χ4v) is 2.90. The van der Waals surface area contributed by atoms with E-state index < -0.39 is 29.3 Å². The number of aryl methyl sites for hydroxylation is 1. The van der Waals surface area contributed by atoms with E-state index in [9.17, 15) is 19.1 Å². The molecule has 2 aromatic carbocycles. The maximum atomic E-state index is 13.2. The van der Waals surface area contributed by atoms with Gasteiger partial charge < -0.3 is 5.11 Å². The number of aliphatic hydroxyl groups is 1. The van der Waals surface area contributed by atoms with Crippen molar-refractivity contribution in [2.75, 3.05) is 4.90 Å². The topological polar surface area (TPSA) is 57.6 Å². The molecule has 0 fully saturated rings. The molecule has 1 amide bonds. The number of nitrogens with zero attached hydrogens (tertiary/aromatic N) is 1. The molecule has 0 bridgehead atoms. The Labute approximate surface area is 138 Å². The number of amides is 1. The van der Waals surface area contributed by atoms with Crippen LogP contribution in [0.5, 0.6) is 0 Å². The summed E-state index contributed by atoms with van der Waals surface area (Å²) in [5.41, 5.74) is 2.15. The summed E-state index contributed by atoms with van der Waals surface area (Å²) in [5, 5.41) is 10.2. The van der Waals surface area contributed by atoms with E-state index in [4.69, 9.17) is 0 Å². The lowest BCUT2D eigenvalue weighted by Gasteiger charge is -2.26. The van der Waals surface area contributed by atoms with E-state index in [1.807, 2.05) is 19.1 Å². The third-order valence-corrected chi connectivity index (χ3v) is 4.09. The lowest BCUT2D eigenvalue weighted by atomic mass is 9.96. The van der Waals surface area contributed by atoms with Gasteiger partial charge in [0.15, 0.2) is 11.5 Å². The molecule has 1 unspecified atom stereocenters. The number of Topliss-reactive ketones (excluding diaryl/α,β-unsaturated/α-hetero) is 1. The number of aliphatic hydroxyl groups excluding tert-OH is 1. The molecule has 0 spiro atoms. The Morgan fingerprint density at radius 2 is 1.67 bits per heavy atom. The zero-order valence-electron chi connectivity index (χ0n) is 13.3. The molecule has 0 saturated carbocycles. The second-order valence-electron chi connectivity index (χ2n) is 5.78. The minimum absolute atomic E-state index is 0.0205. The van der Waals surface area contributed by atoms with Gasteiger partial charge in [-0.25, -0.2) is 4.39 Å². The van der Waals surface area contributed by atoms with Crippen molar-refractivity contribution in [2.45, 2.75) is 19.9 Å². The highest BCUT2D eigenvalue weighted by molar-refractivity contribution is 6.16. The van der Waals surface area contributed by atoms with E-state index in [-0.39, 0.29) is 5.57 Å². The Kier molecular flexibility index (Phi) is 3.93. The first-order valence-electron chi connectivity index (χ1n) is 7.50. The Morgan fingerprint density at radius 3 is 2.21 bits per heavy atom. The van der Waals surface area contributed by atoms with Crippen molar-refractivity contribution < 1.29 is 19.1 Å². The van der Waals surface area contributed by atoms with Gasteiger partial charge in [-0.2, -0.15) is 0 Å². The second kappa shape index (κ2) is 5.92. The predicted molar refractivity (Wildman–Crippen MR) is 88.1 cm³/mol. The lowest BCUT2D eigenvalue weighted by Crippen LogP contribution is -2.30. The molecule has 4 nitrogen and oxygen atoms in total. The van der Waals surface area contributed by atoms with E-state index in [0.717, 1.165) is 5.56 Å². The SMILES string of the molecule is CC(=O)C1=C(O)C(=O)N(c2ccc(C)cc2)C1c1ccc(F)cc1. The average Bonchev–Trinajstić information content (AvgIpc) is 2.81. The minimum atomic E-state index is -0.779. The monoisotopic (exact) mass is 325 g/mol. The zero-order valence-corrected chi connectivity index (χ0v) is 13.3. The summed E-state index contributed by atoms with van der Waals surface area (Å²) in [6, 6.07) is 11.9. The summed E-state index contributed by atoms with van der Waals surface area (Å²) in [4.78, 5) is 25.9. The number of ketones is 1. The quantitative estimate of drug-likeness (QED) is 0.937. The van der Waals surface area contributed by atoms with Crippen LogP contribution in [0, 0.1) is 12.7 Å². The molecule has 1 aliphatic rings. The summed E-state index contributed by atoms with van der Waals surface area (Å²) >= 11 is 0. The predicted octanol–water partition coefficient (Wildman–Crippen LogP) is 3.62. The van der Waals surface area contributed by atoms with Crippen molar-refractivity contribution in [1.29, 1.82) is 0 Å². The van der Waals surface area contributed by atoms with E-state index in [1.165, 1.54) is 36.1 Å². The molecule has 1 N–H and O–H groups in total. The Hall–Kier alpha value is -2.95. The number of carbonyl (C=O) groups excluding carboxylic acids is 2. The Bertz CT molecular complexity index is 838. The highest BCUT2D eigenvalue weighted by atomic mass is 19.1. The van der Waals surface area contributed by atoms with Crippen molar-refractivity contribution in [1.82, 2.24) is 0 Å². The number of hydrogen-bond acceptors (Lipinski definition) is 3. The maximum absolute atomic E-state index is 13.2. The van der Waals surface area contributed by atoms with Crippen LogP contribution in [0.3, 0.4) is 0 Å². The van der Waals surface area contributed by atoms with Gasteiger partial charge in [-0.05, 0) is 43.7 Å². The first kappa shape index (κ1) is 15.9. The van der Waals surface area contributed by atoms with Crippen LogP contribution in [-0.4, -0.2) is 16.8 Å². The zero-order chi connectivity index (χ0) is 17.4. The summed E-state index contributed by atoms with van der Waals surface area (Å²) in [5.74, 6) is -2.01. The molecular formula is C19H16FNO3. The van der Waals surface area contributed by atoms with Gasteiger partial charge >= 0.3 is 0 Å². The van der Waals surface area contributed by atoms with E-state index in [1.54, 1.807) is 12.1 Å². The van der Waals surface area contributed by atoms with Crippen LogP contribution in [0.1, 0.15) is 24.1 Å². The van der Waals surface area contributed by atoms with Crippen molar-refractivity contribution in [3.05, 3.63) is 76.8 Å². The van der Waals surface area contributed by atoms with Crippen LogP contribution >= 0.6 is 0 Å². The highest BCUT2D eigenvalue weighted by Crippen LogP contribution is 2.40. The van der Waals surface area contributed by atoms with Crippen LogP contribution in [-0.2, 0) is 9.59 Å². The largest absolute Gasteiger partial charge is 0.503 e. The van der Waals surface area contributed by atoms with Crippen molar-refractivity contribution in [3.63, 3.8) is 0 Å². The molecule has 122 valence electrons. The first-order valence-corrected chi connectivity index (χ1v) is 7.50. The van der Waals surface area contributed by atoms with Gasteiger partial charge in [-0.15, -0.1) is 0 Å². The normalized spacial score (nSPS) is 17.5.